The van der Waals surface area contributed by atoms with Crippen LogP contribution in [0, 0.1) is 0 Å². The minimum Gasteiger partial charge on any atom is -0.352 e. The molecule has 3 nitrogen and oxygen atoms in total. The molecule has 0 saturated carbocycles. The third-order valence-electron chi connectivity index (χ3n) is 3.37. The standard InChI is InChI=1S/C18H21ClN2O/c19-17-8-6-16(7-9-17)14-21-18(22)11-13-20-12-10-15-4-2-1-3-5-15/h1-9,20H,10-14H2,(H,21,22). The summed E-state index contributed by atoms with van der Waals surface area (Å²) in [7, 11) is 0. The van der Waals surface area contributed by atoms with E-state index in [0.29, 0.717) is 24.5 Å². The minimum atomic E-state index is 0.0576. The highest BCUT2D eigenvalue weighted by Crippen LogP contribution is 2.09. The van der Waals surface area contributed by atoms with Crippen molar-refractivity contribution in [3.63, 3.8) is 0 Å². The first-order chi connectivity index (χ1) is 10.7. The fourth-order valence-electron chi connectivity index (χ4n) is 2.10. The molecule has 2 N–H and O–H groups in total. The van der Waals surface area contributed by atoms with E-state index in [0.717, 1.165) is 18.5 Å². The fraction of sp³-hybridized carbons (Fsp3) is 0.278. The predicted molar refractivity (Wildman–Crippen MR) is 90.9 cm³/mol. The normalized spacial score (nSPS) is 10.4. The second kappa shape index (κ2) is 9.23. The van der Waals surface area contributed by atoms with E-state index in [1.807, 2.05) is 42.5 Å². The predicted octanol–water partition coefficient (Wildman–Crippen LogP) is 3.18. The average molecular weight is 317 g/mol. The smallest absolute Gasteiger partial charge is 0.221 e. The van der Waals surface area contributed by atoms with E-state index < -0.39 is 0 Å². The van der Waals surface area contributed by atoms with Crippen LogP contribution in [0.25, 0.3) is 0 Å². The molecule has 0 aliphatic heterocycles. The van der Waals surface area contributed by atoms with Crippen LogP contribution >= 0.6 is 11.6 Å². The maximum atomic E-state index is 11.7. The molecule has 0 heterocycles. The molecular formula is C18H21ClN2O. The Bertz CT molecular complexity index is 569. The Hall–Kier alpha value is -1.84. The highest BCUT2D eigenvalue weighted by molar-refractivity contribution is 6.30. The Morgan fingerprint density at radius 3 is 2.36 bits per heavy atom. The summed E-state index contributed by atoms with van der Waals surface area (Å²) in [4.78, 5) is 11.7. The van der Waals surface area contributed by atoms with Crippen LogP contribution in [-0.2, 0) is 17.8 Å². The maximum absolute atomic E-state index is 11.7. The van der Waals surface area contributed by atoms with Gasteiger partial charge in [-0.15, -0.1) is 0 Å². The summed E-state index contributed by atoms with van der Waals surface area (Å²) >= 11 is 5.82. The van der Waals surface area contributed by atoms with Crippen LogP contribution in [0.2, 0.25) is 5.02 Å². The minimum absolute atomic E-state index is 0.0576. The van der Waals surface area contributed by atoms with Crippen molar-refractivity contribution in [1.82, 2.24) is 10.6 Å². The number of hydrogen-bond acceptors (Lipinski definition) is 2. The van der Waals surface area contributed by atoms with Gasteiger partial charge in [-0.25, -0.2) is 0 Å². The van der Waals surface area contributed by atoms with Crippen molar-refractivity contribution in [2.24, 2.45) is 0 Å². The lowest BCUT2D eigenvalue weighted by atomic mass is 10.1. The summed E-state index contributed by atoms with van der Waals surface area (Å²) in [6.07, 6.45) is 1.47. The van der Waals surface area contributed by atoms with Crippen molar-refractivity contribution in [2.45, 2.75) is 19.4 Å². The quantitative estimate of drug-likeness (QED) is 0.734. The highest BCUT2D eigenvalue weighted by atomic mass is 35.5. The SMILES string of the molecule is O=C(CCNCCc1ccccc1)NCc1ccc(Cl)cc1. The summed E-state index contributed by atoms with van der Waals surface area (Å²) < 4.78 is 0. The second-order valence-corrected chi connectivity index (χ2v) is 5.58. The molecule has 0 atom stereocenters. The van der Waals surface area contributed by atoms with Gasteiger partial charge in [0.15, 0.2) is 0 Å². The lowest BCUT2D eigenvalue weighted by Crippen LogP contribution is -2.28. The van der Waals surface area contributed by atoms with Crippen LogP contribution in [-0.4, -0.2) is 19.0 Å². The third kappa shape index (κ3) is 6.29. The average Bonchev–Trinajstić information content (AvgIpc) is 2.55. The van der Waals surface area contributed by atoms with Gasteiger partial charge in [-0.05, 0) is 36.2 Å². The van der Waals surface area contributed by atoms with Gasteiger partial charge in [0.05, 0.1) is 0 Å². The molecule has 0 unspecified atom stereocenters. The fourth-order valence-corrected chi connectivity index (χ4v) is 2.22. The van der Waals surface area contributed by atoms with E-state index in [9.17, 15) is 4.79 Å². The van der Waals surface area contributed by atoms with Crippen molar-refractivity contribution in [3.05, 3.63) is 70.7 Å². The number of benzene rings is 2. The molecule has 0 bridgehead atoms. The van der Waals surface area contributed by atoms with Gasteiger partial charge in [0.25, 0.3) is 0 Å². The molecule has 0 aliphatic rings. The molecule has 1 amide bonds. The molecule has 0 fully saturated rings. The summed E-state index contributed by atoms with van der Waals surface area (Å²) in [5.41, 5.74) is 2.36. The van der Waals surface area contributed by atoms with Gasteiger partial charge in [-0.3, -0.25) is 4.79 Å². The number of hydrogen-bond donors (Lipinski definition) is 2. The summed E-state index contributed by atoms with van der Waals surface area (Å²) in [6, 6.07) is 17.8. The van der Waals surface area contributed by atoms with E-state index in [-0.39, 0.29) is 5.91 Å². The van der Waals surface area contributed by atoms with Crippen LogP contribution in [0.1, 0.15) is 17.5 Å². The van der Waals surface area contributed by atoms with Gasteiger partial charge >= 0.3 is 0 Å². The molecule has 0 aromatic heterocycles. The highest BCUT2D eigenvalue weighted by Gasteiger charge is 2.01. The largest absolute Gasteiger partial charge is 0.352 e. The molecular weight excluding hydrogens is 296 g/mol. The maximum Gasteiger partial charge on any atom is 0.221 e. The summed E-state index contributed by atoms with van der Waals surface area (Å²) in [5.74, 6) is 0.0576. The molecule has 0 radical (unpaired) electrons. The van der Waals surface area contributed by atoms with Gasteiger partial charge in [-0.2, -0.15) is 0 Å². The number of halogens is 1. The first kappa shape index (κ1) is 16.5. The van der Waals surface area contributed by atoms with Gasteiger partial charge in [0.2, 0.25) is 5.91 Å². The van der Waals surface area contributed by atoms with E-state index in [1.165, 1.54) is 5.56 Å². The Kier molecular flexibility index (Phi) is 6.94. The lowest BCUT2D eigenvalue weighted by Gasteiger charge is -2.07. The van der Waals surface area contributed by atoms with Gasteiger partial charge in [-0.1, -0.05) is 54.1 Å². The number of rotatable bonds is 8. The summed E-state index contributed by atoms with van der Waals surface area (Å²) in [5, 5.41) is 6.90. The zero-order valence-corrected chi connectivity index (χ0v) is 13.3. The Morgan fingerprint density at radius 1 is 0.909 bits per heavy atom. The Morgan fingerprint density at radius 2 is 1.64 bits per heavy atom. The lowest BCUT2D eigenvalue weighted by molar-refractivity contribution is -0.121. The first-order valence-corrected chi connectivity index (χ1v) is 7.87. The van der Waals surface area contributed by atoms with E-state index in [4.69, 9.17) is 11.6 Å². The number of amides is 1. The van der Waals surface area contributed by atoms with Crippen LogP contribution in [0.3, 0.4) is 0 Å². The number of carbonyl (C=O) groups is 1. The number of nitrogens with one attached hydrogen (secondary N) is 2. The third-order valence-corrected chi connectivity index (χ3v) is 3.62. The zero-order chi connectivity index (χ0) is 15.6. The molecule has 2 aromatic rings. The molecule has 22 heavy (non-hydrogen) atoms. The molecule has 2 aromatic carbocycles. The second-order valence-electron chi connectivity index (χ2n) is 5.14. The van der Waals surface area contributed by atoms with Crippen molar-refractivity contribution in [1.29, 1.82) is 0 Å². The molecule has 4 heteroatoms. The van der Waals surface area contributed by atoms with Gasteiger partial charge in [0.1, 0.15) is 0 Å². The van der Waals surface area contributed by atoms with Crippen LogP contribution in [0.4, 0.5) is 0 Å². The number of carbonyl (C=O) groups excluding carboxylic acids is 1. The van der Waals surface area contributed by atoms with Crippen LogP contribution in [0.5, 0.6) is 0 Å². The molecule has 0 saturated heterocycles. The van der Waals surface area contributed by atoms with Crippen molar-refractivity contribution < 1.29 is 4.79 Å². The topological polar surface area (TPSA) is 41.1 Å². The van der Waals surface area contributed by atoms with Crippen molar-refractivity contribution in [3.8, 4) is 0 Å². The van der Waals surface area contributed by atoms with Gasteiger partial charge in [0, 0.05) is 24.5 Å². The van der Waals surface area contributed by atoms with Crippen LogP contribution < -0.4 is 10.6 Å². The zero-order valence-electron chi connectivity index (χ0n) is 12.5. The Balaban J connectivity index is 1.55. The van der Waals surface area contributed by atoms with Crippen molar-refractivity contribution >= 4 is 17.5 Å². The van der Waals surface area contributed by atoms with E-state index in [2.05, 4.69) is 22.8 Å². The molecule has 0 aliphatic carbocycles. The molecule has 2 rings (SSSR count). The van der Waals surface area contributed by atoms with Crippen LogP contribution in [0.15, 0.2) is 54.6 Å². The van der Waals surface area contributed by atoms with E-state index >= 15 is 0 Å². The monoisotopic (exact) mass is 316 g/mol. The van der Waals surface area contributed by atoms with Gasteiger partial charge < -0.3 is 10.6 Å². The molecule has 0 spiro atoms. The van der Waals surface area contributed by atoms with E-state index in [1.54, 1.807) is 0 Å². The van der Waals surface area contributed by atoms with Crippen molar-refractivity contribution in [2.75, 3.05) is 13.1 Å². The Labute approximate surface area is 136 Å². The summed E-state index contributed by atoms with van der Waals surface area (Å²) in [6.45, 7) is 2.12. The molecule has 116 valence electrons. The first-order valence-electron chi connectivity index (χ1n) is 7.50.